The number of ether oxygens (including phenoxy) is 4. The molecule has 0 radical (unpaired) electrons. The fourth-order valence-corrected chi connectivity index (χ4v) is 4.27. The topological polar surface area (TPSA) is 112 Å². The first-order valence-electron chi connectivity index (χ1n) is 8.49. The Morgan fingerprint density at radius 2 is 1.85 bits per heavy atom. The van der Waals surface area contributed by atoms with Crippen molar-refractivity contribution in [2.75, 3.05) is 24.3 Å². The van der Waals surface area contributed by atoms with Crippen molar-refractivity contribution in [2.24, 2.45) is 0 Å². The lowest BCUT2D eigenvalue weighted by Gasteiger charge is -2.40. The van der Waals surface area contributed by atoms with Crippen LogP contribution in [0.25, 0.3) is 0 Å². The van der Waals surface area contributed by atoms with Gasteiger partial charge in [-0.05, 0) is 38.1 Å². The zero-order valence-electron chi connectivity index (χ0n) is 15.1. The van der Waals surface area contributed by atoms with Crippen LogP contribution < -0.4 is 4.90 Å². The van der Waals surface area contributed by atoms with Crippen LogP contribution in [0.2, 0.25) is 0 Å². The second kappa shape index (κ2) is 5.89. The summed E-state index contributed by atoms with van der Waals surface area (Å²) in [6.07, 6.45) is -1.97. The van der Waals surface area contributed by atoms with Gasteiger partial charge < -0.3 is 24.1 Å². The molecule has 1 aromatic rings. The molecule has 4 rings (SSSR count). The number of fused-ring (bicyclic) bond motifs is 1. The molecule has 3 aliphatic rings. The van der Waals surface area contributed by atoms with E-state index in [0.29, 0.717) is 5.69 Å². The number of benzene rings is 1. The van der Waals surface area contributed by atoms with E-state index in [2.05, 4.69) is 0 Å². The van der Waals surface area contributed by atoms with Gasteiger partial charge in [-0.15, -0.1) is 0 Å². The van der Waals surface area contributed by atoms with E-state index in [1.807, 2.05) is 0 Å². The minimum atomic E-state index is -3.34. The molecular formula is C17H21NO8S. The highest BCUT2D eigenvalue weighted by Crippen LogP contribution is 2.42. The van der Waals surface area contributed by atoms with Crippen LogP contribution in [0.5, 0.6) is 0 Å². The van der Waals surface area contributed by atoms with E-state index >= 15 is 0 Å². The number of amides is 1. The molecule has 3 heterocycles. The number of carbonyl (C=O) groups excluding carboxylic acids is 1. The van der Waals surface area contributed by atoms with Crippen molar-refractivity contribution in [3.63, 3.8) is 0 Å². The Kier molecular flexibility index (Phi) is 4.06. The fraction of sp³-hybridized carbons (Fsp3) is 0.588. The second-order valence-corrected chi connectivity index (χ2v) is 9.44. The molecule has 148 valence electrons. The molecule has 1 spiro atoms. The standard InChI is InChI=1S/C17H21NO8S/c1-16(2)24-12-8-23-17(14(19)13(12)25-16)9-18(15(20)26-17)10-4-6-11(7-5-10)27(3,21)22/h4-7,12-14,19H,8-9H2,1-3H3/t12-,13-,14+,17+/m1/s1. The first-order chi connectivity index (χ1) is 12.5. The van der Waals surface area contributed by atoms with E-state index < -0.39 is 45.8 Å². The molecule has 0 unspecified atom stereocenters. The van der Waals surface area contributed by atoms with Crippen LogP contribution in [0, 0.1) is 0 Å². The molecular weight excluding hydrogens is 378 g/mol. The molecule has 4 atom stereocenters. The lowest BCUT2D eigenvalue weighted by molar-refractivity contribution is -0.285. The highest BCUT2D eigenvalue weighted by atomic mass is 32.2. The van der Waals surface area contributed by atoms with Gasteiger partial charge >= 0.3 is 6.09 Å². The van der Waals surface area contributed by atoms with Crippen molar-refractivity contribution >= 4 is 21.6 Å². The maximum atomic E-state index is 12.4. The van der Waals surface area contributed by atoms with E-state index in [9.17, 15) is 18.3 Å². The quantitative estimate of drug-likeness (QED) is 0.772. The Morgan fingerprint density at radius 1 is 1.19 bits per heavy atom. The van der Waals surface area contributed by atoms with Crippen LogP contribution in [-0.4, -0.2) is 68.9 Å². The Balaban J connectivity index is 1.57. The number of aliphatic hydroxyl groups is 1. The Labute approximate surface area is 156 Å². The summed E-state index contributed by atoms with van der Waals surface area (Å²) < 4.78 is 45.7. The molecule has 0 bridgehead atoms. The number of anilines is 1. The van der Waals surface area contributed by atoms with Crippen molar-refractivity contribution in [3.05, 3.63) is 24.3 Å². The summed E-state index contributed by atoms with van der Waals surface area (Å²) in [5.41, 5.74) is 0.436. The van der Waals surface area contributed by atoms with Gasteiger partial charge in [0, 0.05) is 11.9 Å². The Bertz CT molecular complexity index is 867. The molecule has 3 fully saturated rings. The minimum Gasteiger partial charge on any atom is -0.411 e. The first kappa shape index (κ1) is 18.6. The van der Waals surface area contributed by atoms with Gasteiger partial charge in [0.25, 0.3) is 5.79 Å². The molecule has 1 amide bonds. The van der Waals surface area contributed by atoms with Crippen molar-refractivity contribution in [1.82, 2.24) is 0 Å². The van der Waals surface area contributed by atoms with Gasteiger partial charge in [-0.25, -0.2) is 13.2 Å². The third-order valence-corrected chi connectivity index (χ3v) is 6.04. The first-order valence-corrected chi connectivity index (χ1v) is 10.4. The second-order valence-electron chi connectivity index (χ2n) is 7.43. The zero-order chi connectivity index (χ0) is 19.6. The van der Waals surface area contributed by atoms with Crippen molar-refractivity contribution in [3.8, 4) is 0 Å². The summed E-state index contributed by atoms with van der Waals surface area (Å²) in [6.45, 7) is 3.53. The van der Waals surface area contributed by atoms with Crippen LogP contribution in [0.4, 0.5) is 10.5 Å². The number of rotatable bonds is 2. The monoisotopic (exact) mass is 399 g/mol. The highest BCUT2D eigenvalue weighted by Gasteiger charge is 2.62. The number of nitrogens with zero attached hydrogens (tertiary/aromatic N) is 1. The molecule has 0 aromatic heterocycles. The molecule has 1 N–H and O–H groups in total. The summed E-state index contributed by atoms with van der Waals surface area (Å²) in [7, 11) is -3.34. The maximum absolute atomic E-state index is 12.4. The molecule has 9 nitrogen and oxygen atoms in total. The number of hydrogen-bond acceptors (Lipinski definition) is 8. The summed E-state index contributed by atoms with van der Waals surface area (Å²) in [5, 5.41) is 10.8. The van der Waals surface area contributed by atoms with Crippen LogP contribution in [0.15, 0.2) is 29.2 Å². The average Bonchev–Trinajstić information content (AvgIpc) is 3.08. The van der Waals surface area contributed by atoms with Crippen molar-refractivity contribution in [2.45, 2.75) is 48.6 Å². The van der Waals surface area contributed by atoms with E-state index in [-0.39, 0.29) is 18.0 Å². The normalized spacial score (nSPS) is 35.3. The van der Waals surface area contributed by atoms with E-state index in [1.165, 1.54) is 29.2 Å². The summed E-state index contributed by atoms with van der Waals surface area (Å²) >= 11 is 0. The lowest BCUT2D eigenvalue weighted by Crippen LogP contribution is -2.61. The minimum absolute atomic E-state index is 0.0573. The predicted octanol–water partition coefficient (Wildman–Crippen LogP) is 0.654. The van der Waals surface area contributed by atoms with Gasteiger partial charge in [0.05, 0.1) is 18.0 Å². The Morgan fingerprint density at radius 3 is 2.48 bits per heavy atom. The Hall–Kier alpha value is -1.72. The van der Waals surface area contributed by atoms with Gasteiger partial charge in [0.1, 0.15) is 12.2 Å². The predicted molar refractivity (Wildman–Crippen MR) is 91.9 cm³/mol. The zero-order valence-corrected chi connectivity index (χ0v) is 15.9. The van der Waals surface area contributed by atoms with Crippen LogP contribution in [0.1, 0.15) is 13.8 Å². The number of hydrogen-bond donors (Lipinski definition) is 1. The molecule has 0 aliphatic carbocycles. The van der Waals surface area contributed by atoms with Gasteiger partial charge in [0.2, 0.25) is 0 Å². The van der Waals surface area contributed by atoms with Gasteiger partial charge in [-0.2, -0.15) is 0 Å². The van der Waals surface area contributed by atoms with E-state index in [1.54, 1.807) is 13.8 Å². The number of aliphatic hydroxyl groups excluding tert-OH is 1. The van der Waals surface area contributed by atoms with Crippen molar-refractivity contribution in [1.29, 1.82) is 0 Å². The highest BCUT2D eigenvalue weighted by molar-refractivity contribution is 7.90. The number of sulfone groups is 1. The number of carbonyl (C=O) groups is 1. The summed E-state index contributed by atoms with van der Waals surface area (Å²) in [5.74, 6) is -2.44. The molecule has 1 aromatic carbocycles. The van der Waals surface area contributed by atoms with Crippen LogP contribution >= 0.6 is 0 Å². The average molecular weight is 399 g/mol. The fourth-order valence-electron chi connectivity index (χ4n) is 3.64. The third kappa shape index (κ3) is 3.11. The molecule has 10 heteroatoms. The molecule has 3 saturated heterocycles. The third-order valence-electron chi connectivity index (χ3n) is 4.91. The SMILES string of the molecule is CC1(C)O[C@@H]2[C@@H](CO[C@]3(CN(c4ccc(S(C)(=O)=O)cc4)C(=O)O3)[C@H]2O)O1. The summed E-state index contributed by atoms with van der Waals surface area (Å²) in [6, 6.07) is 5.83. The molecule has 0 saturated carbocycles. The lowest BCUT2D eigenvalue weighted by atomic mass is 9.97. The van der Waals surface area contributed by atoms with Gasteiger partial charge in [-0.3, -0.25) is 4.90 Å². The largest absolute Gasteiger partial charge is 0.417 e. The van der Waals surface area contributed by atoms with Gasteiger partial charge in [0.15, 0.2) is 21.7 Å². The van der Waals surface area contributed by atoms with E-state index in [0.717, 1.165) is 6.26 Å². The van der Waals surface area contributed by atoms with Crippen LogP contribution in [-0.2, 0) is 28.8 Å². The van der Waals surface area contributed by atoms with Crippen LogP contribution in [0.3, 0.4) is 0 Å². The van der Waals surface area contributed by atoms with E-state index in [4.69, 9.17) is 18.9 Å². The van der Waals surface area contributed by atoms with Crippen molar-refractivity contribution < 1.29 is 37.3 Å². The maximum Gasteiger partial charge on any atom is 0.417 e. The smallest absolute Gasteiger partial charge is 0.411 e. The summed E-state index contributed by atoms with van der Waals surface area (Å²) in [4.78, 5) is 13.8. The molecule has 27 heavy (non-hydrogen) atoms. The molecule has 3 aliphatic heterocycles. The van der Waals surface area contributed by atoms with Gasteiger partial charge in [-0.1, -0.05) is 0 Å².